The van der Waals surface area contributed by atoms with Gasteiger partial charge >= 0.3 is 0 Å². The van der Waals surface area contributed by atoms with Crippen LogP contribution in [0.2, 0.25) is 0 Å². The summed E-state index contributed by atoms with van der Waals surface area (Å²) in [5.74, 6) is 5.20. The molecule has 1 aromatic rings. The molecule has 0 spiro atoms. The molecule has 0 radical (unpaired) electrons. The van der Waals surface area contributed by atoms with Gasteiger partial charge in [-0.1, -0.05) is 24.3 Å². The van der Waals surface area contributed by atoms with Gasteiger partial charge in [0.25, 0.3) is 0 Å². The highest BCUT2D eigenvalue weighted by atomic mass is 32.2. The number of aryl methyl sites for hydroxylation is 1. The van der Waals surface area contributed by atoms with Crippen molar-refractivity contribution < 1.29 is 13.5 Å². The van der Waals surface area contributed by atoms with Crippen LogP contribution >= 0.6 is 0 Å². The van der Waals surface area contributed by atoms with E-state index in [-0.39, 0.29) is 17.5 Å². The predicted octanol–water partition coefficient (Wildman–Crippen LogP) is 1.17. The molecule has 0 amide bonds. The molecule has 2 rings (SSSR count). The second kappa shape index (κ2) is 5.74. The van der Waals surface area contributed by atoms with Gasteiger partial charge in [0.15, 0.2) is 0 Å². The molecule has 0 unspecified atom stereocenters. The Morgan fingerprint density at radius 1 is 1.42 bits per heavy atom. The van der Waals surface area contributed by atoms with Crippen LogP contribution in [0.1, 0.15) is 30.4 Å². The lowest BCUT2D eigenvalue weighted by molar-refractivity contribution is 0.350. The van der Waals surface area contributed by atoms with Crippen LogP contribution in [-0.2, 0) is 10.0 Å². The number of aliphatic hydroxyl groups excluding tert-OH is 1. The normalized spacial score (nSPS) is 15.5. The van der Waals surface area contributed by atoms with Gasteiger partial charge in [-0.2, -0.15) is 0 Å². The van der Waals surface area contributed by atoms with Crippen molar-refractivity contribution in [3.8, 4) is 11.8 Å². The highest BCUT2D eigenvalue weighted by Gasteiger charge is 2.26. The van der Waals surface area contributed by atoms with Crippen LogP contribution in [0.4, 0.5) is 0 Å². The Kier molecular flexibility index (Phi) is 4.25. The number of sulfonamides is 1. The van der Waals surface area contributed by atoms with Gasteiger partial charge in [-0.3, -0.25) is 0 Å². The first-order chi connectivity index (χ1) is 9.03. The average molecular weight is 279 g/mol. The lowest BCUT2D eigenvalue weighted by Gasteiger charge is -2.26. The van der Waals surface area contributed by atoms with Crippen molar-refractivity contribution in [2.75, 3.05) is 6.61 Å². The predicted molar refractivity (Wildman–Crippen MR) is 73.1 cm³/mol. The fourth-order valence-electron chi connectivity index (χ4n) is 1.92. The Morgan fingerprint density at radius 2 is 2.16 bits per heavy atom. The number of aliphatic hydroxyl groups is 1. The van der Waals surface area contributed by atoms with Crippen molar-refractivity contribution in [1.82, 2.24) is 4.72 Å². The first kappa shape index (κ1) is 14.1. The minimum atomic E-state index is -3.53. The molecule has 0 aliphatic heterocycles. The van der Waals surface area contributed by atoms with Crippen molar-refractivity contribution in [2.24, 2.45) is 0 Å². The van der Waals surface area contributed by atoms with Crippen LogP contribution in [0.15, 0.2) is 23.1 Å². The van der Waals surface area contributed by atoms with Crippen molar-refractivity contribution in [3.63, 3.8) is 0 Å². The number of nitrogens with one attached hydrogen (secondary N) is 1. The van der Waals surface area contributed by atoms with Crippen molar-refractivity contribution >= 4 is 10.0 Å². The minimum Gasteiger partial charge on any atom is -0.384 e. The van der Waals surface area contributed by atoms with E-state index in [0.29, 0.717) is 5.56 Å². The molecule has 102 valence electrons. The minimum absolute atomic E-state index is 0.0463. The van der Waals surface area contributed by atoms with E-state index in [4.69, 9.17) is 5.11 Å². The second-order valence-electron chi connectivity index (χ2n) is 4.71. The van der Waals surface area contributed by atoms with E-state index < -0.39 is 10.0 Å². The van der Waals surface area contributed by atoms with Gasteiger partial charge in [-0.25, -0.2) is 13.1 Å². The first-order valence-electron chi connectivity index (χ1n) is 6.25. The van der Waals surface area contributed by atoms with Crippen molar-refractivity contribution in [1.29, 1.82) is 0 Å². The van der Waals surface area contributed by atoms with E-state index in [1.54, 1.807) is 18.2 Å². The zero-order valence-electron chi connectivity index (χ0n) is 10.8. The molecule has 1 aromatic carbocycles. The standard InChI is InChI=1S/C14H17NO3S/c1-11-7-8-14(12(10-11)4-3-9-16)19(17,18)15-13-5-2-6-13/h7-8,10,13,15-16H,2,5-6,9H2,1H3. The third kappa shape index (κ3) is 3.35. The van der Waals surface area contributed by atoms with Gasteiger partial charge in [-0.05, 0) is 37.5 Å². The number of benzene rings is 1. The largest absolute Gasteiger partial charge is 0.384 e. The highest BCUT2D eigenvalue weighted by molar-refractivity contribution is 7.89. The number of hydrogen-bond donors (Lipinski definition) is 2. The molecule has 0 saturated heterocycles. The van der Waals surface area contributed by atoms with E-state index in [1.807, 2.05) is 6.92 Å². The molecule has 0 aromatic heterocycles. The first-order valence-corrected chi connectivity index (χ1v) is 7.74. The second-order valence-corrected chi connectivity index (χ2v) is 6.39. The molecule has 1 aliphatic rings. The molecule has 4 nitrogen and oxygen atoms in total. The van der Waals surface area contributed by atoms with Gasteiger partial charge in [0.1, 0.15) is 6.61 Å². The third-order valence-electron chi connectivity index (χ3n) is 3.15. The zero-order chi connectivity index (χ0) is 13.9. The Balaban J connectivity index is 2.36. The summed E-state index contributed by atoms with van der Waals surface area (Å²) in [4.78, 5) is 0.186. The van der Waals surface area contributed by atoms with Crippen molar-refractivity contribution in [2.45, 2.75) is 37.1 Å². The molecule has 5 heteroatoms. The highest BCUT2D eigenvalue weighted by Crippen LogP contribution is 2.23. The summed E-state index contributed by atoms with van der Waals surface area (Å²) in [7, 11) is -3.53. The molecule has 2 N–H and O–H groups in total. The maximum Gasteiger partial charge on any atom is 0.242 e. The zero-order valence-corrected chi connectivity index (χ0v) is 11.6. The molecular formula is C14H17NO3S. The fourth-order valence-corrected chi connectivity index (χ4v) is 3.37. The van der Waals surface area contributed by atoms with E-state index in [2.05, 4.69) is 16.6 Å². The van der Waals surface area contributed by atoms with Gasteiger partial charge < -0.3 is 5.11 Å². The van der Waals surface area contributed by atoms with Crippen LogP contribution in [0.25, 0.3) is 0 Å². The maximum atomic E-state index is 12.3. The van der Waals surface area contributed by atoms with Gasteiger partial charge in [0.05, 0.1) is 4.90 Å². The SMILES string of the molecule is Cc1ccc(S(=O)(=O)NC2CCC2)c(C#CCO)c1. The van der Waals surface area contributed by atoms with Crippen LogP contribution in [0.3, 0.4) is 0 Å². The Bertz CT molecular complexity index is 622. The van der Waals surface area contributed by atoms with Crippen LogP contribution < -0.4 is 4.72 Å². The summed E-state index contributed by atoms with van der Waals surface area (Å²) in [6.07, 6.45) is 2.85. The average Bonchev–Trinajstić information content (AvgIpc) is 2.31. The quantitative estimate of drug-likeness (QED) is 0.816. The number of hydrogen-bond acceptors (Lipinski definition) is 3. The summed E-state index contributed by atoms with van der Waals surface area (Å²) >= 11 is 0. The lowest BCUT2D eigenvalue weighted by Crippen LogP contribution is -2.39. The third-order valence-corrected chi connectivity index (χ3v) is 4.73. The van der Waals surface area contributed by atoms with E-state index in [0.717, 1.165) is 24.8 Å². The van der Waals surface area contributed by atoms with Gasteiger partial charge in [-0.15, -0.1) is 0 Å². The molecule has 1 fully saturated rings. The van der Waals surface area contributed by atoms with Gasteiger partial charge in [0, 0.05) is 11.6 Å². The molecular weight excluding hydrogens is 262 g/mol. The number of rotatable bonds is 3. The van der Waals surface area contributed by atoms with Crippen LogP contribution in [-0.4, -0.2) is 26.2 Å². The monoisotopic (exact) mass is 279 g/mol. The summed E-state index contributed by atoms with van der Waals surface area (Å²) < 4.78 is 27.3. The molecule has 19 heavy (non-hydrogen) atoms. The van der Waals surface area contributed by atoms with Crippen LogP contribution in [0, 0.1) is 18.8 Å². The molecule has 0 heterocycles. The fraction of sp³-hybridized carbons (Fsp3) is 0.429. The Labute approximate surface area is 113 Å². The summed E-state index contributed by atoms with van der Waals surface area (Å²) in [5, 5.41) is 8.74. The van der Waals surface area contributed by atoms with E-state index in [9.17, 15) is 8.42 Å². The summed E-state index contributed by atoms with van der Waals surface area (Å²) in [5.41, 5.74) is 1.37. The summed E-state index contributed by atoms with van der Waals surface area (Å²) in [6.45, 7) is 1.59. The van der Waals surface area contributed by atoms with E-state index >= 15 is 0 Å². The molecule has 1 aliphatic carbocycles. The van der Waals surface area contributed by atoms with Gasteiger partial charge in [0.2, 0.25) is 10.0 Å². The smallest absolute Gasteiger partial charge is 0.242 e. The Hall–Kier alpha value is -1.35. The summed E-state index contributed by atoms with van der Waals surface area (Å²) in [6, 6.07) is 5.08. The topological polar surface area (TPSA) is 66.4 Å². The maximum absolute atomic E-state index is 12.3. The Morgan fingerprint density at radius 3 is 2.74 bits per heavy atom. The van der Waals surface area contributed by atoms with E-state index in [1.165, 1.54) is 0 Å². The van der Waals surface area contributed by atoms with Crippen molar-refractivity contribution in [3.05, 3.63) is 29.3 Å². The lowest BCUT2D eigenvalue weighted by atomic mass is 9.94. The molecule has 1 saturated carbocycles. The van der Waals surface area contributed by atoms with Crippen LogP contribution in [0.5, 0.6) is 0 Å². The molecule has 0 bridgehead atoms. The molecule has 0 atom stereocenters.